The highest BCUT2D eigenvalue weighted by Crippen LogP contribution is 2.42. The van der Waals surface area contributed by atoms with E-state index in [1.165, 1.54) is 11.3 Å². The van der Waals surface area contributed by atoms with Gasteiger partial charge < -0.3 is 15.6 Å². The van der Waals surface area contributed by atoms with Crippen molar-refractivity contribution in [3.8, 4) is 16.2 Å². The molecule has 0 radical (unpaired) electrons. The van der Waals surface area contributed by atoms with Crippen LogP contribution in [0, 0.1) is 13.8 Å². The summed E-state index contributed by atoms with van der Waals surface area (Å²) < 4.78 is 5.34. The molecule has 4 nitrogen and oxygen atoms in total. The number of methoxy groups -OCH3 is 1. The van der Waals surface area contributed by atoms with E-state index in [1.54, 1.807) is 7.11 Å². The number of carboxylic acids is 1. The largest absolute Gasteiger partial charge is 0.496 e. The highest BCUT2D eigenvalue weighted by Gasteiger charge is 2.20. The molecule has 100 valence electrons. The Morgan fingerprint density at radius 3 is 2.58 bits per heavy atom. The normalized spacial score (nSPS) is 10.5. The first-order valence-electron chi connectivity index (χ1n) is 5.73. The fourth-order valence-electron chi connectivity index (χ4n) is 1.94. The van der Waals surface area contributed by atoms with Crippen molar-refractivity contribution in [1.82, 2.24) is 0 Å². The third-order valence-corrected chi connectivity index (χ3v) is 4.32. The summed E-state index contributed by atoms with van der Waals surface area (Å²) >= 11 is 1.18. The first-order chi connectivity index (χ1) is 8.95. The Morgan fingerprint density at radius 2 is 2.05 bits per heavy atom. The van der Waals surface area contributed by atoms with Gasteiger partial charge in [0, 0.05) is 10.4 Å². The molecular formula is C14H15NO3S. The number of hydrogen-bond donors (Lipinski definition) is 2. The average molecular weight is 277 g/mol. The Bertz CT molecular complexity index is 646. The van der Waals surface area contributed by atoms with Crippen LogP contribution in [0.3, 0.4) is 0 Å². The summed E-state index contributed by atoms with van der Waals surface area (Å²) in [5.74, 6) is -0.282. The van der Waals surface area contributed by atoms with Gasteiger partial charge in [0.1, 0.15) is 10.6 Å². The molecule has 0 amide bonds. The van der Waals surface area contributed by atoms with E-state index in [-0.39, 0.29) is 4.88 Å². The topological polar surface area (TPSA) is 72.5 Å². The lowest BCUT2D eigenvalue weighted by molar-refractivity contribution is 0.0703. The van der Waals surface area contributed by atoms with E-state index in [0.717, 1.165) is 21.6 Å². The van der Waals surface area contributed by atoms with Crippen LogP contribution in [0.25, 0.3) is 10.4 Å². The summed E-state index contributed by atoms with van der Waals surface area (Å²) in [6.45, 7) is 3.81. The lowest BCUT2D eigenvalue weighted by Gasteiger charge is -2.08. The minimum atomic E-state index is -0.997. The molecular weight excluding hydrogens is 262 g/mol. The number of nitrogens with two attached hydrogens (primary N) is 1. The van der Waals surface area contributed by atoms with Gasteiger partial charge >= 0.3 is 5.97 Å². The molecule has 1 heterocycles. The number of aromatic carboxylic acids is 1. The fourth-order valence-corrected chi connectivity index (χ4v) is 3.03. The van der Waals surface area contributed by atoms with Crippen molar-refractivity contribution in [1.29, 1.82) is 0 Å². The number of carboxylic acid groups (broad SMARTS) is 1. The number of thiophene rings is 1. The standard InChI is InChI=1S/C14H15NO3S/c1-7-4-5-10(18-3)9(6-7)12-8(2)11(15)13(19-12)14(16)17/h4-6H,15H2,1-3H3,(H,16,17). The van der Waals surface area contributed by atoms with Crippen LogP contribution in [0.5, 0.6) is 5.75 Å². The number of rotatable bonds is 3. The van der Waals surface area contributed by atoms with Gasteiger partial charge in [0.05, 0.1) is 12.8 Å². The summed E-state index contributed by atoms with van der Waals surface area (Å²) in [6, 6.07) is 5.80. The van der Waals surface area contributed by atoms with Crippen molar-refractivity contribution in [2.24, 2.45) is 0 Å². The minimum absolute atomic E-state index is 0.177. The maximum atomic E-state index is 11.1. The zero-order valence-electron chi connectivity index (χ0n) is 11.0. The van der Waals surface area contributed by atoms with Gasteiger partial charge in [0.2, 0.25) is 0 Å². The van der Waals surface area contributed by atoms with Crippen LogP contribution in [-0.2, 0) is 0 Å². The van der Waals surface area contributed by atoms with Crippen LogP contribution in [-0.4, -0.2) is 18.2 Å². The van der Waals surface area contributed by atoms with Crippen molar-refractivity contribution < 1.29 is 14.6 Å². The number of aryl methyl sites for hydroxylation is 1. The maximum Gasteiger partial charge on any atom is 0.348 e. The second-order valence-corrected chi connectivity index (χ2v) is 5.33. The van der Waals surface area contributed by atoms with Gasteiger partial charge in [-0.1, -0.05) is 11.6 Å². The molecule has 1 aromatic heterocycles. The van der Waals surface area contributed by atoms with E-state index >= 15 is 0 Å². The van der Waals surface area contributed by atoms with Crippen molar-refractivity contribution in [3.05, 3.63) is 34.2 Å². The highest BCUT2D eigenvalue weighted by atomic mass is 32.1. The van der Waals surface area contributed by atoms with Gasteiger partial charge in [-0.3, -0.25) is 0 Å². The molecule has 3 N–H and O–H groups in total. The van der Waals surface area contributed by atoms with Gasteiger partial charge in [0.25, 0.3) is 0 Å². The Kier molecular flexibility index (Phi) is 3.48. The Hall–Kier alpha value is -2.01. The number of hydrogen-bond acceptors (Lipinski definition) is 4. The molecule has 0 bridgehead atoms. The Balaban J connectivity index is 2.69. The number of anilines is 1. The Labute approximate surface area is 115 Å². The third-order valence-electron chi connectivity index (χ3n) is 2.99. The van der Waals surface area contributed by atoms with E-state index in [4.69, 9.17) is 15.6 Å². The van der Waals surface area contributed by atoms with E-state index in [0.29, 0.717) is 11.4 Å². The van der Waals surface area contributed by atoms with Crippen LogP contribution in [0.15, 0.2) is 18.2 Å². The first-order valence-corrected chi connectivity index (χ1v) is 6.54. The molecule has 19 heavy (non-hydrogen) atoms. The fraction of sp³-hybridized carbons (Fsp3) is 0.214. The van der Waals surface area contributed by atoms with Crippen molar-refractivity contribution in [2.45, 2.75) is 13.8 Å². The number of ether oxygens (including phenoxy) is 1. The summed E-state index contributed by atoms with van der Waals surface area (Å²) in [6.07, 6.45) is 0. The van der Waals surface area contributed by atoms with Gasteiger partial charge in [-0.25, -0.2) is 4.79 Å². The van der Waals surface area contributed by atoms with E-state index < -0.39 is 5.97 Å². The van der Waals surface area contributed by atoms with Crippen LogP contribution >= 0.6 is 11.3 Å². The maximum absolute atomic E-state index is 11.1. The molecule has 0 aliphatic rings. The van der Waals surface area contributed by atoms with Gasteiger partial charge in [0.15, 0.2) is 0 Å². The summed E-state index contributed by atoms with van der Waals surface area (Å²) in [5, 5.41) is 9.13. The van der Waals surface area contributed by atoms with Crippen LogP contribution in [0.2, 0.25) is 0 Å². The summed E-state index contributed by atoms with van der Waals surface area (Å²) in [5.41, 5.74) is 8.93. The molecule has 0 saturated carbocycles. The molecule has 0 atom stereocenters. The number of benzene rings is 1. The second-order valence-electron chi connectivity index (χ2n) is 4.31. The monoisotopic (exact) mass is 277 g/mol. The van der Waals surface area contributed by atoms with Crippen molar-refractivity contribution in [3.63, 3.8) is 0 Å². The SMILES string of the molecule is COc1ccc(C)cc1-c1sc(C(=O)O)c(N)c1C. The van der Waals surface area contributed by atoms with E-state index in [1.807, 2.05) is 32.0 Å². The molecule has 0 spiro atoms. The molecule has 0 aliphatic carbocycles. The van der Waals surface area contributed by atoms with Gasteiger partial charge in [-0.2, -0.15) is 0 Å². The predicted octanol–water partition coefficient (Wildman–Crippen LogP) is 3.32. The minimum Gasteiger partial charge on any atom is -0.496 e. The van der Waals surface area contributed by atoms with Crippen LogP contribution in [0.1, 0.15) is 20.8 Å². The highest BCUT2D eigenvalue weighted by molar-refractivity contribution is 7.18. The zero-order valence-corrected chi connectivity index (χ0v) is 11.8. The van der Waals surface area contributed by atoms with E-state index in [2.05, 4.69) is 0 Å². The first kappa shape index (κ1) is 13.4. The van der Waals surface area contributed by atoms with E-state index in [9.17, 15) is 4.79 Å². The van der Waals surface area contributed by atoms with Crippen molar-refractivity contribution in [2.75, 3.05) is 12.8 Å². The van der Waals surface area contributed by atoms with Crippen LogP contribution in [0.4, 0.5) is 5.69 Å². The molecule has 2 rings (SSSR count). The quantitative estimate of drug-likeness (QED) is 0.902. The third kappa shape index (κ3) is 2.29. The average Bonchev–Trinajstić information content (AvgIpc) is 2.66. The van der Waals surface area contributed by atoms with Gasteiger partial charge in [-0.15, -0.1) is 11.3 Å². The number of nitrogen functional groups attached to an aromatic ring is 1. The molecule has 2 aromatic rings. The predicted molar refractivity (Wildman–Crippen MR) is 77.2 cm³/mol. The smallest absolute Gasteiger partial charge is 0.348 e. The molecule has 0 aliphatic heterocycles. The molecule has 0 saturated heterocycles. The summed E-state index contributed by atoms with van der Waals surface area (Å²) in [4.78, 5) is 12.2. The number of carbonyl (C=O) groups is 1. The summed E-state index contributed by atoms with van der Waals surface area (Å²) in [7, 11) is 1.60. The molecule has 1 aromatic carbocycles. The van der Waals surface area contributed by atoms with Gasteiger partial charge in [-0.05, 0) is 31.5 Å². The molecule has 5 heteroatoms. The zero-order chi connectivity index (χ0) is 14.2. The Morgan fingerprint density at radius 1 is 1.37 bits per heavy atom. The van der Waals surface area contributed by atoms with Crippen molar-refractivity contribution >= 4 is 23.0 Å². The van der Waals surface area contributed by atoms with Crippen LogP contribution < -0.4 is 10.5 Å². The molecule has 0 unspecified atom stereocenters. The lowest BCUT2D eigenvalue weighted by atomic mass is 10.1. The second kappa shape index (κ2) is 4.93. The molecule has 0 fully saturated rings. The lowest BCUT2D eigenvalue weighted by Crippen LogP contribution is -1.97.